The van der Waals surface area contributed by atoms with Gasteiger partial charge < -0.3 is 20.9 Å². The largest absolute Gasteiger partial charge is 0.444 e. The molecule has 2 amide bonds. The van der Waals surface area contributed by atoms with Crippen molar-refractivity contribution in [3.63, 3.8) is 0 Å². The van der Waals surface area contributed by atoms with Gasteiger partial charge in [-0.05, 0) is 298 Å². The lowest BCUT2D eigenvalue weighted by atomic mass is 9.80. The highest BCUT2D eigenvalue weighted by molar-refractivity contribution is 6.16. The molecule has 0 bridgehead atoms. The van der Waals surface area contributed by atoms with E-state index in [1.807, 2.05) is 90.1 Å². The van der Waals surface area contributed by atoms with Gasteiger partial charge in [0, 0.05) is 22.7 Å². The Balaban J connectivity index is 0.000000266. The van der Waals surface area contributed by atoms with E-state index in [-0.39, 0.29) is 7.43 Å². The van der Waals surface area contributed by atoms with Crippen LogP contribution in [0.1, 0.15) is 253 Å². The molecule has 0 aliphatic carbocycles. The molecule has 0 saturated carbocycles. The standard InChI is InChI=1S/C58H72N2O4.C48H56N2.C2H2.CH4/c1-9-11-13-15-17-19-25-43-39-51(41-31-35-45(36-32-41)59-55(61)63-57(3,4)5)47-27-21-23-29-49(47)53(43)54-44(26-20-18-16-14-12-10-2)40-52(48-28-22-24-30-50(48)54)42-33-37-46(38-34-42)60-56(62)64-58(6,7)8;1-3-5-7-9-11-13-19-37-33-45(35-25-29-39(49)30-26-35)41-21-15-17-23-43(41)47(37)48-38(20-14-12-10-8-6-4-2)34-46(36-27-31-40(50)32-28-36)42-22-16-18-24-44(42)48;1-2;/h21-24,27-40H,9-20,25-26H2,1-8H3,(H,59,61)(H,60,62);15-18,21-34H,3-14,19-20,49-50H2,1-2H3;1-2H;1H4. The molecule has 0 aliphatic heterocycles. The van der Waals surface area contributed by atoms with Crippen LogP contribution in [0.5, 0.6) is 0 Å². The van der Waals surface area contributed by atoms with Gasteiger partial charge in [0.15, 0.2) is 0 Å². The number of benzene rings is 12. The molecule has 117 heavy (non-hydrogen) atoms. The highest BCUT2D eigenvalue weighted by Gasteiger charge is 2.26. The summed E-state index contributed by atoms with van der Waals surface area (Å²) in [5.41, 5.74) is 35.0. The molecule has 6 N–H and O–H groups in total. The molecule has 0 fully saturated rings. The zero-order valence-electron chi connectivity index (χ0n) is 71.5. The topological polar surface area (TPSA) is 129 Å². The van der Waals surface area contributed by atoms with Crippen molar-refractivity contribution in [3.05, 3.63) is 241 Å². The lowest BCUT2D eigenvalue weighted by Gasteiger charge is -2.23. The van der Waals surface area contributed by atoms with Gasteiger partial charge in [-0.3, -0.25) is 10.6 Å². The van der Waals surface area contributed by atoms with E-state index in [0.29, 0.717) is 11.4 Å². The van der Waals surface area contributed by atoms with Crippen LogP contribution in [0.4, 0.5) is 32.3 Å². The maximum atomic E-state index is 12.6. The molecule has 12 aromatic carbocycles. The van der Waals surface area contributed by atoms with Gasteiger partial charge in [0.1, 0.15) is 11.2 Å². The predicted molar refractivity (Wildman–Crippen MR) is 509 cm³/mol. The van der Waals surface area contributed by atoms with Gasteiger partial charge in [0.25, 0.3) is 0 Å². The van der Waals surface area contributed by atoms with Gasteiger partial charge in [0.2, 0.25) is 0 Å². The molecular formula is C109H134N4O4. The second-order valence-electron chi connectivity index (χ2n) is 33.7. The van der Waals surface area contributed by atoms with Crippen LogP contribution in [0.25, 0.3) is 110 Å². The molecule has 0 aromatic heterocycles. The van der Waals surface area contributed by atoms with Crippen LogP contribution in [0.15, 0.2) is 218 Å². The number of carbonyl (C=O) groups is 2. The summed E-state index contributed by atoms with van der Waals surface area (Å²) in [7, 11) is 0. The second kappa shape index (κ2) is 45.2. The summed E-state index contributed by atoms with van der Waals surface area (Å²) in [4.78, 5) is 25.3. The summed E-state index contributed by atoms with van der Waals surface area (Å²) in [6.45, 7) is 20.4. The number of anilines is 4. The molecule has 0 heterocycles. The fourth-order valence-electron chi connectivity index (χ4n) is 16.7. The van der Waals surface area contributed by atoms with Crippen molar-refractivity contribution < 1.29 is 19.1 Å². The van der Waals surface area contributed by atoms with E-state index in [9.17, 15) is 9.59 Å². The van der Waals surface area contributed by atoms with Crippen LogP contribution in [-0.4, -0.2) is 23.4 Å². The van der Waals surface area contributed by atoms with E-state index in [0.717, 1.165) is 61.0 Å². The average molecular weight is 1560 g/mol. The van der Waals surface area contributed by atoms with Gasteiger partial charge >= 0.3 is 12.2 Å². The minimum Gasteiger partial charge on any atom is -0.444 e. The minimum absolute atomic E-state index is 0. The van der Waals surface area contributed by atoms with Gasteiger partial charge in [-0.1, -0.05) is 309 Å². The Labute approximate surface area is 702 Å². The number of aryl methyl sites for hydroxylation is 4. The molecule has 614 valence electrons. The van der Waals surface area contributed by atoms with Crippen LogP contribution in [0.3, 0.4) is 0 Å². The SMILES string of the molecule is C.C#C.CCCCCCCCc1cc(-c2ccc(N)cc2)c2ccccc2c1-c1c(CCCCCCCC)cc(-c2ccc(N)cc2)c2ccccc12.CCCCCCCCc1cc(-c2ccc(NC(=O)OC(C)(C)C)cc2)c2ccccc2c1-c1c(CCCCCCCC)cc(-c2ccc(NC(=O)OC(C)(C)C)cc2)c2ccccc12. The number of unbranched alkanes of at least 4 members (excludes halogenated alkanes) is 20. The van der Waals surface area contributed by atoms with Crippen LogP contribution in [-0.2, 0) is 35.2 Å². The number of terminal acetylenes is 1. The lowest BCUT2D eigenvalue weighted by molar-refractivity contribution is 0.0624. The maximum Gasteiger partial charge on any atom is 0.412 e. The van der Waals surface area contributed by atoms with Crippen molar-refractivity contribution in [2.24, 2.45) is 0 Å². The summed E-state index contributed by atoms with van der Waals surface area (Å²) in [6, 6.07) is 79.3. The van der Waals surface area contributed by atoms with Crippen LogP contribution in [0, 0.1) is 12.8 Å². The minimum atomic E-state index is -0.578. The van der Waals surface area contributed by atoms with Crippen molar-refractivity contribution >= 4 is 78.0 Å². The van der Waals surface area contributed by atoms with Crippen molar-refractivity contribution in [2.75, 3.05) is 22.1 Å². The van der Waals surface area contributed by atoms with E-state index in [1.54, 1.807) is 0 Å². The van der Waals surface area contributed by atoms with E-state index in [4.69, 9.17) is 20.9 Å². The number of hydrogen-bond donors (Lipinski definition) is 4. The number of nitrogen functional groups attached to an aromatic ring is 2. The Morgan fingerprint density at radius 2 is 0.487 bits per heavy atom. The van der Waals surface area contributed by atoms with Gasteiger partial charge in [-0.2, -0.15) is 0 Å². The van der Waals surface area contributed by atoms with Gasteiger partial charge in [-0.25, -0.2) is 9.59 Å². The first-order valence-electron chi connectivity index (χ1n) is 43.8. The summed E-state index contributed by atoms with van der Waals surface area (Å²) in [5, 5.41) is 16.1. The van der Waals surface area contributed by atoms with Gasteiger partial charge in [0.05, 0.1) is 0 Å². The number of nitrogens with two attached hydrogens (primary N) is 2. The Hall–Kier alpha value is -10.6. The molecule has 0 saturated heterocycles. The number of amides is 2. The number of rotatable bonds is 36. The molecule has 8 heteroatoms. The van der Waals surface area contributed by atoms with E-state index >= 15 is 0 Å². The van der Waals surface area contributed by atoms with Crippen LogP contribution in [0.2, 0.25) is 0 Å². The molecule has 12 aromatic rings. The second-order valence-corrected chi connectivity index (χ2v) is 33.7. The van der Waals surface area contributed by atoms with E-state index in [1.165, 1.54) is 262 Å². The summed E-state index contributed by atoms with van der Waals surface area (Å²) < 4.78 is 11.1. The number of ether oxygens (including phenoxy) is 2. The monoisotopic (exact) mass is 1560 g/mol. The molecule has 8 nitrogen and oxygen atoms in total. The average Bonchev–Trinajstić information content (AvgIpc) is 0.737. The highest BCUT2D eigenvalue weighted by atomic mass is 16.6. The Kier molecular flexibility index (Phi) is 34.9. The zero-order chi connectivity index (χ0) is 82.4. The van der Waals surface area contributed by atoms with E-state index in [2.05, 4.69) is 221 Å². The lowest BCUT2D eigenvalue weighted by Crippen LogP contribution is -2.27. The number of fused-ring (bicyclic) bond motifs is 4. The van der Waals surface area contributed by atoms with E-state index < -0.39 is 23.4 Å². The van der Waals surface area contributed by atoms with Crippen molar-refractivity contribution in [3.8, 4) is 79.6 Å². The predicted octanol–water partition coefficient (Wildman–Crippen LogP) is 32.3. The van der Waals surface area contributed by atoms with Crippen LogP contribution < -0.4 is 22.1 Å². The maximum absolute atomic E-state index is 12.6. The quantitative estimate of drug-likeness (QED) is 0.0176. The smallest absolute Gasteiger partial charge is 0.412 e. The number of carbonyl (C=O) groups excluding carboxylic acids is 2. The van der Waals surface area contributed by atoms with Crippen molar-refractivity contribution in [1.82, 2.24) is 0 Å². The third kappa shape index (κ3) is 25.2. The number of nitrogens with one attached hydrogen (secondary N) is 2. The summed E-state index contributed by atoms with van der Waals surface area (Å²) in [6.07, 6.45) is 41.4. The Bertz CT molecular complexity index is 4830. The molecular weight excluding hydrogens is 1430 g/mol. The van der Waals surface area contributed by atoms with Crippen molar-refractivity contribution in [1.29, 1.82) is 0 Å². The molecule has 12 rings (SSSR count). The Morgan fingerprint density at radius 1 is 0.291 bits per heavy atom. The fraction of sp³-hybridized carbons (Fsp3) is 0.376. The first-order chi connectivity index (χ1) is 56.3. The molecule has 0 aliphatic rings. The fourth-order valence-corrected chi connectivity index (χ4v) is 16.7. The Morgan fingerprint density at radius 3 is 0.701 bits per heavy atom. The van der Waals surface area contributed by atoms with Crippen LogP contribution >= 0.6 is 0 Å². The molecule has 0 atom stereocenters. The highest BCUT2D eigenvalue weighted by Crippen LogP contribution is 2.49. The summed E-state index contributed by atoms with van der Waals surface area (Å²) in [5.74, 6) is 0. The normalized spacial score (nSPS) is 11.4. The molecule has 0 radical (unpaired) electrons. The number of hydrogen-bond acceptors (Lipinski definition) is 6. The molecule has 0 spiro atoms. The van der Waals surface area contributed by atoms with Gasteiger partial charge in [-0.15, -0.1) is 12.8 Å². The van der Waals surface area contributed by atoms with Crippen molar-refractivity contribution in [2.45, 2.75) is 268 Å². The third-order valence-electron chi connectivity index (χ3n) is 22.3. The zero-order valence-corrected chi connectivity index (χ0v) is 71.5. The molecule has 0 unspecified atom stereocenters. The summed E-state index contributed by atoms with van der Waals surface area (Å²) >= 11 is 0. The third-order valence-corrected chi connectivity index (χ3v) is 22.3. The first kappa shape index (κ1) is 90.3. The first-order valence-corrected chi connectivity index (χ1v) is 43.8.